The van der Waals surface area contributed by atoms with E-state index in [0.717, 1.165) is 32.6 Å². The van der Waals surface area contributed by atoms with Gasteiger partial charge in [0.25, 0.3) is 0 Å². The van der Waals surface area contributed by atoms with Crippen LogP contribution in [0.2, 0.25) is 0 Å². The van der Waals surface area contributed by atoms with E-state index in [2.05, 4.69) is 0 Å². The maximum absolute atomic E-state index is 10.3. The lowest BCUT2D eigenvalue weighted by molar-refractivity contribution is -0.137. The average molecular weight is 213 g/mol. The number of unbranched alkanes of at least 4 members (excludes halogenated alkanes) is 1. The molecule has 5 nitrogen and oxygen atoms in total. The van der Waals surface area contributed by atoms with E-state index >= 15 is 0 Å². The number of nitrogens with one attached hydrogen (secondary N) is 1. The molecule has 0 spiro atoms. The molecule has 1 fully saturated rings. The summed E-state index contributed by atoms with van der Waals surface area (Å²) in [5.74, 6) is -0.144. The Bertz CT molecular complexity index is 243. The third-order valence-electron chi connectivity index (χ3n) is 2.69. The molecule has 5 heteroatoms. The summed E-state index contributed by atoms with van der Waals surface area (Å²) in [6, 6.07) is 0. The topological polar surface area (TPSA) is 67.6 Å². The van der Waals surface area contributed by atoms with Crippen LogP contribution in [-0.4, -0.2) is 53.0 Å². The molecule has 1 saturated heterocycles. The minimum atomic E-state index is -0.735. The van der Waals surface area contributed by atoms with E-state index in [-0.39, 0.29) is 6.42 Å². The van der Waals surface area contributed by atoms with Crippen LogP contribution in [0, 0.1) is 5.41 Å². The molecule has 15 heavy (non-hydrogen) atoms. The SMILES string of the molecule is CCN1CCN(CCCCC(=O)O)C1=N. The van der Waals surface area contributed by atoms with Gasteiger partial charge in [0.15, 0.2) is 5.96 Å². The van der Waals surface area contributed by atoms with Crippen molar-refractivity contribution in [2.45, 2.75) is 26.2 Å². The van der Waals surface area contributed by atoms with Gasteiger partial charge in [0, 0.05) is 32.6 Å². The number of carboxylic acids is 1. The molecule has 1 heterocycles. The molecule has 1 rings (SSSR count). The number of aliphatic carboxylic acids is 1. The van der Waals surface area contributed by atoms with Crippen LogP contribution < -0.4 is 0 Å². The number of guanidine groups is 1. The summed E-state index contributed by atoms with van der Waals surface area (Å²) in [5, 5.41) is 16.3. The van der Waals surface area contributed by atoms with E-state index in [4.69, 9.17) is 10.5 Å². The van der Waals surface area contributed by atoms with Crippen molar-refractivity contribution in [1.82, 2.24) is 9.80 Å². The third kappa shape index (κ3) is 3.42. The van der Waals surface area contributed by atoms with Crippen LogP contribution >= 0.6 is 0 Å². The first-order valence-corrected chi connectivity index (χ1v) is 5.45. The highest BCUT2D eigenvalue weighted by Gasteiger charge is 2.22. The Kier molecular flexibility index (Phi) is 4.39. The second kappa shape index (κ2) is 5.58. The lowest BCUT2D eigenvalue weighted by Crippen LogP contribution is -2.33. The van der Waals surface area contributed by atoms with Crippen LogP contribution in [0.5, 0.6) is 0 Å². The Morgan fingerprint density at radius 3 is 2.60 bits per heavy atom. The van der Waals surface area contributed by atoms with Gasteiger partial charge in [-0.25, -0.2) is 0 Å². The summed E-state index contributed by atoms with van der Waals surface area (Å²) < 4.78 is 0. The van der Waals surface area contributed by atoms with Crippen LogP contribution in [0.3, 0.4) is 0 Å². The van der Waals surface area contributed by atoms with E-state index < -0.39 is 5.97 Å². The monoisotopic (exact) mass is 213 g/mol. The quantitative estimate of drug-likeness (QED) is 0.641. The second-order valence-electron chi connectivity index (χ2n) is 3.74. The van der Waals surface area contributed by atoms with Crippen LogP contribution in [-0.2, 0) is 4.79 Å². The predicted octanol–water partition coefficient (Wildman–Crippen LogP) is 0.814. The number of rotatable bonds is 6. The third-order valence-corrected chi connectivity index (χ3v) is 2.69. The molecule has 86 valence electrons. The van der Waals surface area contributed by atoms with Gasteiger partial charge < -0.3 is 14.9 Å². The van der Waals surface area contributed by atoms with E-state index in [9.17, 15) is 4.79 Å². The fourth-order valence-corrected chi connectivity index (χ4v) is 1.76. The molecule has 0 unspecified atom stereocenters. The summed E-state index contributed by atoms with van der Waals surface area (Å²) in [4.78, 5) is 14.3. The lowest BCUT2D eigenvalue weighted by atomic mass is 10.2. The molecule has 0 atom stereocenters. The van der Waals surface area contributed by atoms with E-state index in [1.807, 2.05) is 16.7 Å². The Hall–Kier alpha value is -1.26. The highest BCUT2D eigenvalue weighted by Crippen LogP contribution is 2.08. The van der Waals surface area contributed by atoms with Crippen molar-refractivity contribution in [2.24, 2.45) is 0 Å². The van der Waals surface area contributed by atoms with Crippen molar-refractivity contribution in [2.75, 3.05) is 26.2 Å². The van der Waals surface area contributed by atoms with Crippen LogP contribution in [0.15, 0.2) is 0 Å². The molecule has 2 N–H and O–H groups in total. The Balaban J connectivity index is 2.17. The number of hydrogen-bond acceptors (Lipinski definition) is 2. The number of carbonyl (C=O) groups is 1. The van der Waals surface area contributed by atoms with Crippen molar-refractivity contribution in [1.29, 1.82) is 5.41 Å². The molecule has 0 aromatic carbocycles. The minimum absolute atomic E-state index is 0.235. The van der Waals surface area contributed by atoms with E-state index in [1.165, 1.54) is 0 Å². The first kappa shape index (κ1) is 11.8. The number of nitrogens with zero attached hydrogens (tertiary/aromatic N) is 2. The zero-order valence-electron chi connectivity index (χ0n) is 9.20. The van der Waals surface area contributed by atoms with Gasteiger partial charge in [-0.3, -0.25) is 10.2 Å². The largest absolute Gasteiger partial charge is 0.481 e. The van der Waals surface area contributed by atoms with Gasteiger partial charge in [0.05, 0.1) is 0 Å². The van der Waals surface area contributed by atoms with Crippen LogP contribution in [0.4, 0.5) is 0 Å². The van der Waals surface area contributed by atoms with E-state index in [0.29, 0.717) is 12.4 Å². The summed E-state index contributed by atoms with van der Waals surface area (Å²) in [5.41, 5.74) is 0. The first-order valence-electron chi connectivity index (χ1n) is 5.45. The number of likely N-dealkylation sites (N-methyl/N-ethyl adjacent to an activating group) is 1. The van der Waals surface area contributed by atoms with Gasteiger partial charge in [0.1, 0.15) is 0 Å². The molecular weight excluding hydrogens is 194 g/mol. The fourth-order valence-electron chi connectivity index (χ4n) is 1.76. The van der Waals surface area contributed by atoms with Crippen LogP contribution in [0.25, 0.3) is 0 Å². The maximum atomic E-state index is 10.3. The molecule has 1 aliphatic rings. The minimum Gasteiger partial charge on any atom is -0.481 e. The van der Waals surface area contributed by atoms with Gasteiger partial charge in [-0.15, -0.1) is 0 Å². The molecule has 0 aliphatic carbocycles. The molecule has 1 aliphatic heterocycles. The van der Waals surface area contributed by atoms with Gasteiger partial charge in [-0.2, -0.15) is 0 Å². The number of carboxylic acid groups (broad SMARTS) is 1. The summed E-state index contributed by atoms with van der Waals surface area (Å²) in [6.45, 7) is 5.56. The zero-order chi connectivity index (χ0) is 11.3. The molecule has 0 bridgehead atoms. The molecule has 0 saturated carbocycles. The molecular formula is C10H19N3O2. The van der Waals surface area contributed by atoms with Crippen molar-refractivity contribution < 1.29 is 9.90 Å². The van der Waals surface area contributed by atoms with Gasteiger partial charge >= 0.3 is 5.97 Å². The first-order chi connectivity index (χ1) is 7.15. The van der Waals surface area contributed by atoms with Crippen LogP contribution in [0.1, 0.15) is 26.2 Å². The van der Waals surface area contributed by atoms with Crippen molar-refractivity contribution in [3.8, 4) is 0 Å². The van der Waals surface area contributed by atoms with Crippen molar-refractivity contribution >= 4 is 11.9 Å². The smallest absolute Gasteiger partial charge is 0.303 e. The average Bonchev–Trinajstić information content (AvgIpc) is 2.54. The summed E-state index contributed by atoms with van der Waals surface area (Å²) >= 11 is 0. The highest BCUT2D eigenvalue weighted by molar-refractivity contribution is 5.78. The highest BCUT2D eigenvalue weighted by atomic mass is 16.4. The second-order valence-corrected chi connectivity index (χ2v) is 3.74. The van der Waals surface area contributed by atoms with Crippen molar-refractivity contribution in [3.63, 3.8) is 0 Å². The van der Waals surface area contributed by atoms with E-state index in [1.54, 1.807) is 0 Å². The zero-order valence-corrected chi connectivity index (χ0v) is 9.20. The van der Waals surface area contributed by atoms with Gasteiger partial charge in [-0.05, 0) is 19.8 Å². The fraction of sp³-hybridized carbons (Fsp3) is 0.800. The maximum Gasteiger partial charge on any atom is 0.303 e. The molecule has 0 aromatic rings. The van der Waals surface area contributed by atoms with Crippen molar-refractivity contribution in [3.05, 3.63) is 0 Å². The normalized spacial score (nSPS) is 16.2. The summed E-state index contributed by atoms with van der Waals surface area (Å²) in [6.07, 6.45) is 1.79. The Labute approximate surface area is 90.2 Å². The van der Waals surface area contributed by atoms with Gasteiger partial charge in [0.2, 0.25) is 0 Å². The Morgan fingerprint density at radius 2 is 2.07 bits per heavy atom. The Morgan fingerprint density at radius 1 is 1.40 bits per heavy atom. The standard InChI is InChI=1S/C10H19N3O2/c1-2-12-7-8-13(10(12)11)6-4-3-5-9(14)15/h11H,2-8H2,1H3,(H,14,15). The molecule has 0 radical (unpaired) electrons. The summed E-state index contributed by atoms with van der Waals surface area (Å²) in [7, 11) is 0. The molecule has 0 aromatic heterocycles. The predicted molar refractivity (Wildman–Crippen MR) is 58.0 cm³/mol. The lowest BCUT2D eigenvalue weighted by Gasteiger charge is -2.20. The number of hydrogen-bond donors (Lipinski definition) is 2. The van der Waals surface area contributed by atoms with Gasteiger partial charge in [-0.1, -0.05) is 0 Å². The molecule has 0 amide bonds.